The number of hydrogen-bond donors (Lipinski definition) is 3. The molecule has 8 heteroatoms. The van der Waals surface area contributed by atoms with Crippen molar-refractivity contribution in [2.24, 2.45) is 0 Å². The Hall–Kier alpha value is -3.16. The van der Waals surface area contributed by atoms with Crippen LogP contribution in [0.25, 0.3) is 0 Å². The lowest BCUT2D eigenvalue weighted by molar-refractivity contribution is -0.126. The molecule has 3 N–H and O–H groups in total. The third-order valence-electron chi connectivity index (χ3n) is 6.00. The van der Waals surface area contributed by atoms with Crippen molar-refractivity contribution in [2.75, 3.05) is 10.2 Å². The molecular formula is C22H27N5O3. The maximum atomic E-state index is 13.0. The minimum Gasteiger partial charge on any atom is -0.351 e. The van der Waals surface area contributed by atoms with E-state index in [-0.39, 0.29) is 47.3 Å². The lowest BCUT2D eigenvalue weighted by Gasteiger charge is -2.39. The Balaban J connectivity index is 1.62. The zero-order chi connectivity index (χ0) is 21.3. The Morgan fingerprint density at radius 2 is 1.87 bits per heavy atom. The first-order chi connectivity index (χ1) is 14.4. The van der Waals surface area contributed by atoms with E-state index >= 15 is 0 Å². The average molecular weight is 409 g/mol. The molecule has 0 radical (unpaired) electrons. The van der Waals surface area contributed by atoms with Gasteiger partial charge in [0.15, 0.2) is 0 Å². The highest BCUT2D eigenvalue weighted by Crippen LogP contribution is 2.32. The van der Waals surface area contributed by atoms with Crippen molar-refractivity contribution in [1.29, 1.82) is 0 Å². The zero-order valence-corrected chi connectivity index (χ0v) is 17.3. The topological polar surface area (TPSA) is 107 Å². The van der Waals surface area contributed by atoms with Crippen LogP contribution in [0, 0.1) is 0 Å². The molecule has 2 aromatic rings. The fourth-order valence-electron chi connectivity index (χ4n) is 4.45. The number of nitrogens with zero attached hydrogens (tertiary/aromatic N) is 2. The van der Waals surface area contributed by atoms with E-state index in [0.29, 0.717) is 12.5 Å². The number of aromatic nitrogens is 2. The summed E-state index contributed by atoms with van der Waals surface area (Å²) in [6.07, 6.45) is 3.09. The third-order valence-corrected chi connectivity index (χ3v) is 6.00. The van der Waals surface area contributed by atoms with Gasteiger partial charge in [-0.05, 0) is 38.7 Å². The van der Waals surface area contributed by atoms with Crippen LogP contribution < -0.4 is 21.1 Å². The van der Waals surface area contributed by atoms with Crippen molar-refractivity contribution in [2.45, 2.75) is 64.1 Å². The van der Waals surface area contributed by atoms with Crippen LogP contribution in [0.15, 0.2) is 35.1 Å². The lowest BCUT2D eigenvalue weighted by atomic mass is 9.92. The van der Waals surface area contributed by atoms with Gasteiger partial charge in [0.05, 0.1) is 11.5 Å². The minimum absolute atomic E-state index is 0.0751. The molecule has 0 saturated carbocycles. The smallest absolute Gasteiger partial charge is 0.258 e. The van der Waals surface area contributed by atoms with Gasteiger partial charge in [0.1, 0.15) is 5.82 Å². The monoisotopic (exact) mass is 409 g/mol. The molecule has 4 rings (SSSR count). The number of anilines is 2. The fraction of sp³-hybridized carbons (Fsp3) is 0.455. The summed E-state index contributed by atoms with van der Waals surface area (Å²) in [7, 11) is 0. The summed E-state index contributed by atoms with van der Waals surface area (Å²) in [5, 5.41) is 5.53. The number of carbonyl (C=O) groups excluding carboxylic acids is 2. The quantitative estimate of drug-likeness (QED) is 0.718. The highest BCUT2D eigenvalue weighted by Gasteiger charge is 2.36. The number of rotatable bonds is 4. The molecule has 0 bridgehead atoms. The van der Waals surface area contributed by atoms with Crippen LogP contribution >= 0.6 is 0 Å². The van der Waals surface area contributed by atoms with Gasteiger partial charge in [-0.1, -0.05) is 30.3 Å². The standard InChI is InChI=1S/C22H27N5O3/c1-13-7-6-8-14(2)27(13)22-25-19-18(21(30)26-22)16(11-17(28)24-19)20(29)23-12-15-9-4-3-5-10-15/h3-5,9-10,13-14,16H,6-8,11-12H2,1-2H3,(H,23,29)(H2,24,25,26,28,30). The normalized spacial score (nSPS) is 23.5. The van der Waals surface area contributed by atoms with E-state index in [4.69, 9.17) is 0 Å². The fourth-order valence-corrected chi connectivity index (χ4v) is 4.45. The third kappa shape index (κ3) is 3.94. The molecule has 2 amide bonds. The molecule has 158 valence electrons. The van der Waals surface area contributed by atoms with Crippen LogP contribution in [0.3, 0.4) is 0 Å². The summed E-state index contributed by atoms with van der Waals surface area (Å²) < 4.78 is 0. The first kappa shape index (κ1) is 20.1. The number of aromatic amines is 1. The Kier molecular flexibility index (Phi) is 5.57. The van der Waals surface area contributed by atoms with Crippen LogP contribution in [0.2, 0.25) is 0 Å². The second-order valence-electron chi connectivity index (χ2n) is 8.20. The zero-order valence-electron chi connectivity index (χ0n) is 17.3. The van der Waals surface area contributed by atoms with Gasteiger partial charge in [0.25, 0.3) is 5.56 Å². The van der Waals surface area contributed by atoms with Crippen molar-refractivity contribution in [1.82, 2.24) is 15.3 Å². The molecule has 1 aromatic carbocycles. The first-order valence-electron chi connectivity index (χ1n) is 10.5. The Morgan fingerprint density at radius 1 is 1.17 bits per heavy atom. The van der Waals surface area contributed by atoms with Crippen molar-refractivity contribution in [3.8, 4) is 0 Å². The summed E-state index contributed by atoms with van der Waals surface area (Å²) in [4.78, 5) is 47.6. The maximum absolute atomic E-state index is 13.0. The maximum Gasteiger partial charge on any atom is 0.258 e. The van der Waals surface area contributed by atoms with E-state index in [0.717, 1.165) is 24.8 Å². The average Bonchev–Trinajstić information content (AvgIpc) is 2.71. The van der Waals surface area contributed by atoms with Gasteiger partial charge in [0, 0.05) is 25.0 Å². The summed E-state index contributed by atoms with van der Waals surface area (Å²) in [6, 6.07) is 9.97. The molecule has 3 unspecified atom stereocenters. The second-order valence-corrected chi connectivity index (χ2v) is 8.20. The number of fused-ring (bicyclic) bond motifs is 1. The number of nitrogens with one attached hydrogen (secondary N) is 3. The van der Waals surface area contributed by atoms with Crippen molar-refractivity contribution in [3.05, 3.63) is 51.8 Å². The number of amides is 2. The molecule has 1 fully saturated rings. The van der Waals surface area contributed by atoms with Crippen LogP contribution in [-0.2, 0) is 16.1 Å². The molecule has 30 heavy (non-hydrogen) atoms. The largest absolute Gasteiger partial charge is 0.351 e. The van der Waals surface area contributed by atoms with Gasteiger partial charge in [-0.25, -0.2) is 0 Å². The molecule has 1 aromatic heterocycles. The Morgan fingerprint density at radius 3 is 2.57 bits per heavy atom. The second kappa shape index (κ2) is 8.30. The van der Waals surface area contributed by atoms with Gasteiger partial charge >= 0.3 is 0 Å². The van der Waals surface area contributed by atoms with E-state index in [2.05, 4.69) is 39.3 Å². The number of piperidine rings is 1. The molecule has 1 saturated heterocycles. The van der Waals surface area contributed by atoms with Gasteiger partial charge in [-0.15, -0.1) is 0 Å². The van der Waals surface area contributed by atoms with Gasteiger partial charge in [-0.2, -0.15) is 4.98 Å². The molecule has 8 nitrogen and oxygen atoms in total. The summed E-state index contributed by atoms with van der Waals surface area (Å²) in [5.74, 6) is -0.890. The predicted octanol–water partition coefficient (Wildman–Crippen LogP) is 2.28. The summed E-state index contributed by atoms with van der Waals surface area (Å²) >= 11 is 0. The number of hydrogen-bond acceptors (Lipinski definition) is 5. The van der Waals surface area contributed by atoms with Crippen LogP contribution in [-0.4, -0.2) is 33.9 Å². The van der Waals surface area contributed by atoms with Crippen LogP contribution in [0.4, 0.5) is 11.8 Å². The number of H-pyrrole nitrogens is 1. The van der Waals surface area contributed by atoms with Gasteiger partial charge in [-0.3, -0.25) is 19.4 Å². The van der Waals surface area contributed by atoms with Crippen LogP contribution in [0.5, 0.6) is 0 Å². The number of carbonyl (C=O) groups is 2. The Labute approximate surface area is 175 Å². The summed E-state index contributed by atoms with van der Waals surface area (Å²) in [6.45, 7) is 4.54. The molecular weight excluding hydrogens is 382 g/mol. The molecule has 2 aliphatic rings. The first-order valence-corrected chi connectivity index (χ1v) is 10.5. The number of benzene rings is 1. The predicted molar refractivity (Wildman–Crippen MR) is 114 cm³/mol. The highest BCUT2D eigenvalue weighted by molar-refractivity contribution is 6.00. The molecule has 3 heterocycles. The van der Waals surface area contributed by atoms with Crippen molar-refractivity contribution >= 4 is 23.6 Å². The highest BCUT2D eigenvalue weighted by atomic mass is 16.2. The Bertz CT molecular complexity index is 994. The van der Waals surface area contributed by atoms with E-state index in [1.165, 1.54) is 0 Å². The molecule has 0 spiro atoms. The van der Waals surface area contributed by atoms with Gasteiger partial charge in [0.2, 0.25) is 17.8 Å². The summed E-state index contributed by atoms with van der Waals surface area (Å²) in [5.41, 5.74) is 0.794. The van der Waals surface area contributed by atoms with Crippen molar-refractivity contribution in [3.63, 3.8) is 0 Å². The SMILES string of the molecule is CC1CCCC(C)N1c1nc2c(c(=O)[nH]1)C(C(=O)NCc1ccccc1)CC(=O)N2. The van der Waals surface area contributed by atoms with E-state index < -0.39 is 5.92 Å². The van der Waals surface area contributed by atoms with E-state index in [1.54, 1.807) is 0 Å². The molecule has 0 aliphatic carbocycles. The van der Waals surface area contributed by atoms with Gasteiger partial charge < -0.3 is 15.5 Å². The molecule has 2 aliphatic heterocycles. The lowest BCUT2D eigenvalue weighted by Crippen LogP contribution is -2.46. The van der Waals surface area contributed by atoms with Crippen LogP contribution in [0.1, 0.15) is 56.6 Å². The van der Waals surface area contributed by atoms with E-state index in [1.807, 2.05) is 30.3 Å². The molecule has 3 atom stereocenters. The van der Waals surface area contributed by atoms with E-state index in [9.17, 15) is 14.4 Å². The minimum atomic E-state index is -0.862. The van der Waals surface area contributed by atoms with Crippen molar-refractivity contribution < 1.29 is 9.59 Å².